The average Bonchev–Trinajstić information content (AvgIpc) is 3.05. The number of nitrogens with one attached hydrogen (secondary N) is 1. The molecule has 2 amide bonds. The summed E-state index contributed by atoms with van der Waals surface area (Å²) in [5.74, 6) is -0.119. The Bertz CT molecular complexity index is 487. The molecule has 0 unspecified atom stereocenters. The Labute approximate surface area is 123 Å². The van der Waals surface area contributed by atoms with E-state index < -0.39 is 0 Å². The van der Waals surface area contributed by atoms with Gasteiger partial charge < -0.3 is 10.2 Å². The highest BCUT2D eigenvalue weighted by Gasteiger charge is 2.32. The fourth-order valence-electron chi connectivity index (χ4n) is 2.32. The monoisotopic (exact) mass is 295 g/mol. The van der Waals surface area contributed by atoms with Crippen molar-refractivity contribution in [2.45, 2.75) is 33.1 Å². The van der Waals surface area contributed by atoms with Gasteiger partial charge in [0.2, 0.25) is 11.8 Å². The largest absolute Gasteiger partial charge is 0.355 e. The minimum atomic E-state index is -0.190. The predicted octanol–water partition coefficient (Wildman–Crippen LogP) is 1.23. The van der Waals surface area contributed by atoms with E-state index in [4.69, 9.17) is 0 Å². The third-order valence-corrected chi connectivity index (χ3v) is 4.52. The van der Waals surface area contributed by atoms with Crippen molar-refractivity contribution < 1.29 is 9.59 Å². The maximum absolute atomic E-state index is 12.0. The number of rotatable bonds is 6. The summed E-state index contributed by atoms with van der Waals surface area (Å²) in [6.07, 6.45) is 2.05. The molecule has 1 aliphatic heterocycles. The zero-order valence-electron chi connectivity index (χ0n) is 12.0. The van der Waals surface area contributed by atoms with Crippen LogP contribution < -0.4 is 5.32 Å². The molecule has 1 atom stereocenters. The van der Waals surface area contributed by atoms with E-state index >= 15 is 0 Å². The second-order valence-electron chi connectivity index (χ2n) is 4.96. The molecule has 6 heteroatoms. The molecule has 5 nitrogen and oxygen atoms in total. The van der Waals surface area contributed by atoms with Crippen LogP contribution in [0.2, 0.25) is 0 Å². The van der Waals surface area contributed by atoms with Gasteiger partial charge in [0.25, 0.3) is 0 Å². The van der Waals surface area contributed by atoms with Gasteiger partial charge in [0.1, 0.15) is 0 Å². The van der Waals surface area contributed by atoms with Crippen molar-refractivity contribution in [1.82, 2.24) is 15.2 Å². The number of hydrogen-bond acceptors (Lipinski definition) is 4. The Morgan fingerprint density at radius 1 is 1.55 bits per heavy atom. The Morgan fingerprint density at radius 3 is 2.95 bits per heavy atom. The number of carbonyl (C=O) groups is 2. The zero-order chi connectivity index (χ0) is 14.5. The van der Waals surface area contributed by atoms with Gasteiger partial charge in [-0.25, -0.2) is 4.98 Å². The topological polar surface area (TPSA) is 62.3 Å². The molecule has 2 heterocycles. The fourth-order valence-corrected chi connectivity index (χ4v) is 3.20. The predicted molar refractivity (Wildman–Crippen MR) is 78.6 cm³/mol. The van der Waals surface area contributed by atoms with E-state index in [0.717, 1.165) is 23.5 Å². The number of amides is 2. The molecule has 1 aliphatic rings. The lowest BCUT2D eigenvalue weighted by atomic mass is 10.1. The first-order valence-electron chi connectivity index (χ1n) is 7.12. The molecule has 0 spiro atoms. The van der Waals surface area contributed by atoms with Crippen molar-refractivity contribution in [3.63, 3.8) is 0 Å². The quantitative estimate of drug-likeness (QED) is 0.858. The van der Waals surface area contributed by atoms with Crippen molar-refractivity contribution in [2.75, 3.05) is 19.6 Å². The highest BCUT2D eigenvalue weighted by molar-refractivity contribution is 7.09. The number of carbonyl (C=O) groups excluding carboxylic acids is 2. The van der Waals surface area contributed by atoms with Gasteiger partial charge in [-0.15, -0.1) is 11.3 Å². The van der Waals surface area contributed by atoms with Crippen LogP contribution in [0.4, 0.5) is 0 Å². The summed E-state index contributed by atoms with van der Waals surface area (Å²) in [7, 11) is 0. The SMILES string of the molecule is CCc1csc(CCNC(=O)[C@@H]2CC(=O)N(CC)C2)n1. The van der Waals surface area contributed by atoms with Crippen LogP contribution >= 0.6 is 11.3 Å². The number of nitrogens with zero attached hydrogens (tertiary/aromatic N) is 2. The molecule has 1 saturated heterocycles. The number of likely N-dealkylation sites (tertiary alicyclic amines) is 1. The lowest BCUT2D eigenvalue weighted by molar-refractivity contribution is -0.128. The third-order valence-electron chi connectivity index (χ3n) is 3.57. The molecule has 0 bridgehead atoms. The van der Waals surface area contributed by atoms with E-state index in [2.05, 4.69) is 22.6 Å². The van der Waals surface area contributed by atoms with Crippen LogP contribution in [0.5, 0.6) is 0 Å². The van der Waals surface area contributed by atoms with Gasteiger partial charge in [0.15, 0.2) is 0 Å². The number of aryl methyl sites for hydroxylation is 1. The molecular formula is C14H21N3O2S. The first-order valence-corrected chi connectivity index (χ1v) is 8.00. The van der Waals surface area contributed by atoms with Crippen molar-refractivity contribution in [3.8, 4) is 0 Å². The van der Waals surface area contributed by atoms with Crippen molar-refractivity contribution in [2.24, 2.45) is 5.92 Å². The summed E-state index contributed by atoms with van der Waals surface area (Å²) >= 11 is 1.64. The lowest BCUT2D eigenvalue weighted by Gasteiger charge is -2.13. The van der Waals surface area contributed by atoms with E-state index in [1.165, 1.54) is 0 Å². The highest BCUT2D eigenvalue weighted by Crippen LogP contribution is 2.17. The molecular weight excluding hydrogens is 274 g/mol. The maximum Gasteiger partial charge on any atom is 0.225 e. The molecule has 0 aromatic carbocycles. The maximum atomic E-state index is 12.0. The van der Waals surface area contributed by atoms with Gasteiger partial charge in [0.05, 0.1) is 16.6 Å². The molecule has 2 rings (SSSR count). The van der Waals surface area contributed by atoms with Crippen molar-refractivity contribution in [1.29, 1.82) is 0 Å². The summed E-state index contributed by atoms with van der Waals surface area (Å²) in [5, 5.41) is 6.03. The summed E-state index contributed by atoms with van der Waals surface area (Å²) in [5.41, 5.74) is 1.11. The minimum absolute atomic E-state index is 0.0124. The van der Waals surface area contributed by atoms with E-state index in [0.29, 0.717) is 26.1 Å². The Morgan fingerprint density at radius 2 is 2.35 bits per heavy atom. The first kappa shape index (κ1) is 15.0. The second-order valence-corrected chi connectivity index (χ2v) is 5.90. The molecule has 110 valence electrons. The third kappa shape index (κ3) is 3.56. The first-order chi connectivity index (χ1) is 9.63. The number of thiazole rings is 1. The molecule has 0 saturated carbocycles. The molecule has 1 aromatic heterocycles. The van der Waals surface area contributed by atoms with Crippen LogP contribution in [0.15, 0.2) is 5.38 Å². The summed E-state index contributed by atoms with van der Waals surface area (Å²) in [4.78, 5) is 29.8. The molecule has 1 aromatic rings. The fraction of sp³-hybridized carbons (Fsp3) is 0.643. The summed E-state index contributed by atoms with van der Waals surface area (Å²) in [6, 6.07) is 0. The molecule has 20 heavy (non-hydrogen) atoms. The van der Waals surface area contributed by atoms with Crippen LogP contribution in [-0.4, -0.2) is 41.3 Å². The normalized spacial score (nSPS) is 18.6. The molecule has 1 N–H and O–H groups in total. The zero-order valence-corrected chi connectivity index (χ0v) is 12.8. The van der Waals surface area contributed by atoms with Crippen LogP contribution in [0.25, 0.3) is 0 Å². The van der Waals surface area contributed by atoms with Gasteiger partial charge >= 0.3 is 0 Å². The van der Waals surface area contributed by atoms with Crippen molar-refractivity contribution >= 4 is 23.2 Å². The average molecular weight is 295 g/mol. The van der Waals surface area contributed by atoms with Crippen LogP contribution in [-0.2, 0) is 22.4 Å². The Balaban J connectivity index is 1.74. The van der Waals surface area contributed by atoms with Crippen molar-refractivity contribution in [3.05, 3.63) is 16.1 Å². The van der Waals surface area contributed by atoms with E-state index in [-0.39, 0.29) is 17.7 Å². The van der Waals surface area contributed by atoms with Crippen LogP contribution in [0.3, 0.4) is 0 Å². The number of aromatic nitrogens is 1. The van der Waals surface area contributed by atoms with Gasteiger partial charge in [-0.3, -0.25) is 9.59 Å². The van der Waals surface area contributed by atoms with Crippen LogP contribution in [0.1, 0.15) is 31.0 Å². The Kier molecular flexibility index (Phi) is 5.11. The van der Waals surface area contributed by atoms with Gasteiger partial charge in [-0.05, 0) is 13.3 Å². The van der Waals surface area contributed by atoms with E-state index in [1.54, 1.807) is 16.2 Å². The van der Waals surface area contributed by atoms with Gasteiger partial charge in [0, 0.05) is 37.9 Å². The van der Waals surface area contributed by atoms with E-state index in [9.17, 15) is 9.59 Å². The van der Waals surface area contributed by atoms with Gasteiger partial charge in [-0.1, -0.05) is 6.92 Å². The second kappa shape index (κ2) is 6.83. The molecule has 0 radical (unpaired) electrons. The van der Waals surface area contributed by atoms with E-state index in [1.807, 2.05) is 6.92 Å². The molecule has 1 fully saturated rings. The highest BCUT2D eigenvalue weighted by atomic mass is 32.1. The smallest absolute Gasteiger partial charge is 0.225 e. The summed E-state index contributed by atoms with van der Waals surface area (Å²) < 4.78 is 0. The number of hydrogen-bond donors (Lipinski definition) is 1. The summed E-state index contributed by atoms with van der Waals surface area (Å²) in [6.45, 7) is 5.84. The standard InChI is InChI=1S/C14H21N3O2S/c1-3-11-9-20-12(16-11)5-6-15-14(19)10-7-13(18)17(4-2)8-10/h9-10H,3-8H2,1-2H3,(H,15,19)/t10-/m1/s1. The van der Waals surface area contributed by atoms with Crippen LogP contribution in [0, 0.1) is 5.92 Å². The molecule has 0 aliphatic carbocycles. The minimum Gasteiger partial charge on any atom is -0.355 e. The Hall–Kier alpha value is -1.43. The van der Waals surface area contributed by atoms with Gasteiger partial charge in [-0.2, -0.15) is 0 Å². The lowest BCUT2D eigenvalue weighted by Crippen LogP contribution is -2.34.